The third-order valence-corrected chi connectivity index (χ3v) is 4.57. The Morgan fingerprint density at radius 1 is 1.30 bits per heavy atom. The molecule has 1 atom stereocenters. The fraction of sp³-hybridized carbons (Fsp3) is 0.733. The average Bonchev–Trinajstić information content (AvgIpc) is 2.80. The first kappa shape index (κ1) is 13.6. The summed E-state index contributed by atoms with van der Waals surface area (Å²) in [6.07, 6.45) is 5.78. The van der Waals surface area contributed by atoms with Crippen LogP contribution in [0.2, 0.25) is 0 Å². The number of piperidine rings is 1. The molecule has 2 saturated heterocycles. The Morgan fingerprint density at radius 2 is 2.20 bits per heavy atom. The molecule has 1 N–H and O–H groups in total. The van der Waals surface area contributed by atoms with Gasteiger partial charge in [-0.2, -0.15) is 4.98 Å². The van der Waals surface area contributed by atoms with Crippen molar-refractivity contribution in [2.75, 3.05) is 50.0 Å². The second-order valence-electron chi connectivity index (χ2n) is 6.29. The number of likely N-dealkylation sites (tertiary alicyclic amines) is 1. The van der Waals surface area contributed by atoms with Crippen molar-refractivity contribution in [1.82, 2.24) is 14.9 Å². The third kappa shape index (κ3) is 2.73. The lowest BCUT2D eigenvalue weighted by molar-refractivity contribution is 0.233. The molecule has 2 fully saturated rings. The quantitative estimate of drug-likeness (QED) is 0.912. The first-order valence-corrected chi connectivity index (χ1v) is 7.71. The van der Waals surface area contributed by atoms with Gasteiger partial charge in [-0.15, -0.1) is 0 Å². The minimum absolute atomic E-state index is 0.463. The van der Waals surface area contributed by atoms with Crippen molar-refractivity contribution in [3.05, 3.63) is 12.3 Å². The standard InChI is InChI=1S/C15H25N5/c1-3-16-13-5-8-17-14(18-13)20-9-4-6-15(12-20)7-10-19(2)11-15/h5,8H,3-4,6-7,9-12H2,1-2H3,(H,16,17,18)/t15-/m0/s1. The molecule has 0 aromatic carbocycles. The van der Waals surface area contributed by atoms with Gasteiger partial charge in [0.1, 0.15) is 5.82 Å². The fourth-order valence-corrected chi connectivity index (χ4v) is 3.65. The van der Waals surface area contributed by atoms with E-state index in [0.717, 1.165) is 31.4 Å². The van der Waals surface area contributed by atoms with Crippen LogP contribution in [0.5, 0.6) is 0 Å². The summed E-state index contributed by atoms with van der Waals surface area (Å²) < 4.78 is 0. The SMILES string of the molecule is CCNc1ccnc(N2CCC[C@@]3(CCN(C)C3)C2)n1. The molecule has 110 valence electrons. The van der Waals surface area contributed by atoms with Gasteiger partial charge in [-0.3, -0.25) is 0 Å². The largest absolute Gasteiger partial charge is 0.370 e. The number of nitrogens with zero attached hydrogens (tertiary/aromatic N) is 4. The van der Waals surface area contributed by atoms with Crippen LogP contribution in [-0.4, -0.2) is 54.6 Å². The molecule has 0 aliphatic carbocycles. The first-order chi connectivity index (χ1) is 9.71. The van der Waals surface area contributed by atoms with Crippen LogP contribution in [-0.2, 0) is 0 Å². The summed E-state index contributed by atoms with van der Waals surface area (Å²) in [6, 6.07) is 1.94. The van der Waals surface area contributed by atoms with Crippen LogP contribution in [0.4, 0.5) is 11.8 Å². The molecule has 3 rings (SSSR count). The minimum atomic E-state index is 0.463. The van der Waals surface area contributed by atoms with Crippen molar-refractivity contribution in [2.45, 2.75) is 26.2 Å². The number of rotatable bonds is 3. The molecule has 0 unspecified atom stereocenters. The lowest BCUT2D eigenvalue weighted by Crippen LogP contribution is -2.45. The lowest BCUT2D eigenvalue weighted by atomic mass is 9.79. The molecule has 0 saturated carbocycles. The van der Waals surface area contributed by atoms with Crippen LogP contribution in [0.25, 0.3) is 0 Å². The summed E-state index contributed by atoms with van der Waals surface area (Å²) in [6.45, 7) is 7.62. The molecule has 1 aromatic heterocycles. The molecule has 1 spiro atoms. The molecule has 3 heterocycles. The summed E-state index contributed by atoms with van der Waals surface area (Å²) in [5.74, 6) is 1.82. The fourth-order valence-electron chi connectivity index (χ4n) is 3.65. The summed E-state index contributed by atoms with van der Waals surface area (Å²) >= 11 is 0. The summed E-state index contributed by atoms with van der Waals surface area (Å²) in [7, 11) is 2.23. The highest BCUT2D eigenvalue weighted by atomic mass is 15.3. The Labute approximate surface area is 121 Å². The van der Waals surface area contributed by atoms with Crippen molar-refractivity contribution in [1.29, 1.82) is 0 Å². The monoisotopic (exact) mass is 275 g/mol. The van der Waals surface area contributed by atoms with Crippen molar-refractivity contribution in [2.24, 2.45) is 5.41 Å². The van der Waals surface area contributed by atoms with Gasteiger partial charge in [0, 0.05) is 37.8 Å². The molecule has 0 bridgehead atoms. The highest BCUT2D eigenvalue weighted by molar-refractivity contribution is 5.41. The maximum atomic E-state index is 4.65. The van der Waals surface area contributed by atoms with Gasteiger partial charge in [-0.25, -0.2) is 4.98 Å². The third-order valence-electron chi connectivity index (χ3n) is 4.57. The maximum Gasteiger partial charge on any atom is 0.227 e. The second kappa shape index (κ2) is 5.56. The summed E-state index contributed by atoms with van der Waals surface area (Å²) in [4.78, 5) is 14.0. The smallest absolute Gasteiger partial charge is 0.227 e. The van der Waals surface area contributed by atoms with E-state index in [9.17, 15) is 0 Å². The Morgan fingerprint density at radius 3 is 2.95 bits per heavy atom. The highest BCUT2D eigenvalue weighted by Gasteiger charge is 2.40. The lowest BCUT2D eigenvalue weighted by Gasteiger charge is -2.40. The van der Waals surface area contributed by atoms with E-state index in [0.29, 0.717) is 5.41 Å². The Hall–Kier alpha value is -1.36. The van der Waals surface area contributed by atoms with Crippen LogP contribution in [0.3, 0.4) is 0 Å². The molecule has 2 aliphatic heterocycles. The Kier molecular flexibility index (Phi) is 3.78. The van der Waals surface area contributed by atoms with Crippen LogP contribution in [0.15, 0.2) is 12.3 Å². The molecular formula is C15H25N5. The van der Waals surface area contributed by atoms with Crippen molar-refractivity contribution >= 4 is 11.8 Å². The maximum absolute atomic E-state index is 4.65. The van der Waals surface area contributed by atoms with Gasteiger partial charge in [-0.05, 0) is 45.8 Å². The number of anilines is 2. The molecule has 2 aliphatic rings. The van der Waals surface area contributed by atoms with Crippen molar-refractivity contribution < 1.29 is 0 Å². The van der Waals surface area contributed by atoms with E-state index in [4.69, 9.17) is 0 Å². The Bertz CT molecular complexity index is 459. The molecule has 5 nitrogen and oxygen atoms in total. The van der Waals surface area contributed by atoms with E-state index in [2.05, 4.69) is 39.1 Å². The van der Waals surface area contributed by atoms with Crippen LogP contribution in [0.1, 0.15) is 26.2 Å². The van der Waals surface area contributed by atoms with Gasteiger partial charge in [0.15, 0.2) is 0 Å². The number of nitrogens with one attached hydrogen (secondary N) is 1. The molecule has 5 heteroatoms. The zero-order valence-corrected chi connectivity index (χ0v) is 12.6. The molecule has 0 amide bonds. The first-order valence-electron chi connectivity index (χ1n) is 7.71. The normalized spacial score (nSPS) is 27.2. The van der Waals surface area contributed by atoms with Gasteiger partial charge in [0.05, 0.1) is 0 Å². The number of aromatic nitrogens is 2. The topological polar surface area (TPSA) is 44.3 Å². The van der Waals surface area contributed by atoms with E-state index in [1.165, 1.54) is 32.4 Å². The molecule has 1 aromatic rings. The average molecular weight is 275 g/mol. The summed E-state index contributed by atoms with van der Waals surface area (Å²) in [5, 5.41) is 3.27. The number of hydrogen-bond donors (Lipinski definition) is 1. The van der Waals surface area contributed by atoms with Gasteiger partial charge in [0.25, 0.3) is 0 Å². The van der Waals surface area contributed by atoms with Crippen molar-refractivity contribution in [3.8, 4) is 0 Å². The van der Waals surface area contributed by atoms with Gasteiger partial charge in [-0.1, -0.05) is 0 Å². The molecule has 20 heavy (non-hydrogen) atoms. The highest BCUT2D eigenvalue weighted by Crippen LogP contribution is 2.39. The van der Waals surface area contributed by atoms with E-state index in [1.54, 1.807) is 0 Å². The zero-order valence-electron chi connectivity index (χ0n) is 12.6. The van der Waals surface area contributed by atoms with E-state index < -0.39 is 0 Å². The van der Waals surface area contributed by atoms with Crippen LogP contribution < -0.4 is 10.2 Å². The van der Waals surface area contributed by atoms with Crippen molar-refractivity contribution in [3.63, 3.8) is 0 Å². The second-order valence-corrected chi connectivity index (χ2v) is 6.29. The van der Waals surface area contributed by atoms with E-state index >= 15 is 0 Å². The predicted octanol–water partition coefficient (Wildman–Crippen LogP) is 1.83. The van der Waals surface area contributed by atoms with E-state index in [-0.39, 0.29) is 0 Å². The zero-order chi connectivity index (χ0) is 14.0. The predicted molar refractivity (Wildman–Crippen MR) is 82.2 cm³/mol. The van der Waals surface area contributed by atoms with E-state index in [1.807, 2.05) is 12.3 Å². The van der Waals surface area contributed by atoms with Gasteiger partial charge in [0.2, 0.25) is 5.95 Å². The van der Waals surface area contributed by atoms with Gasteiger partial charge < -0.3 is 15.1 Å². The minimum Gasteiger partial charge on any atom is -0.370 e. The van der Waals surface area contributed by atoms with Crippen LogP contribution in [0, 0.1) is 5.41 Å². The summed E-state index contributed by atoms with van der Waals surface area (Å²) in [5.41, 5.74) is 0.463. The molecule has 0 radical (unpaired) electrons. The Balaban J connectivity index is 1.75. The molecular weight excluding hydrogens is 250 g/mol. The number of hydrogen-bond acceptors (Lipinski definition) is 5. The van der Waals surface area contributed by atoms with Crippen LogP contribution >= 0.6 is 0 Å². The van der Waals surface area contributed by atoms with Gasteiger partial charge >= 0.3 is 0 Å².